The van der Waals surface area contributed by atoms with Crippen LogP contribution in [0.2, 0.25) is 5.02 Å². The molecule has 0 spiro atoms. The van der Waals surface area contributed by atoms with E-state index in [1.54, 1.807) is 18.2 Å². The van der Waals surface area contributed by atoms with Crippen LogP contribution in [0.5, 0.6) is 5.75 Å². The molecule has 0 bridgehead atoms. The number of benzene rings is 3. The Bertz CT molecular complexity index is 1440. The molecule has 1 amide bonds. The Morgan fingerprint density at radius 1 is 1.15 bits per heavy atom. The monoisotopic (exact) mass is 497 g/mol. The summed E-state index contributed by atoms with van der Waals surface area (Å²) in [7, 11) is -4.12. The van der Waals surface area contributed by atoms with Crippen molar-refractivity contribution >= 4 is 45.1 Å². The molecule has 0 saturated heterocycles. The molecule has 34 heavy (non-hydrogen) atoms. The normalized spacial score (nSPS) is 11.4. The molecule has 0 atom stereocenters. The first-order valence-corrected chi connectivity index (χ1v) is 11.4. The number of aryl methyl sites for hydroxylation is 1. The highest BCUT2D eigenvalue weighted by Gasteiger charge is 2.19. The molecule has 0 saturated carbocycles. The molecule has 3 rings (SSSR count). The standard InChI is InChI=1S/C23H16ClN3O6S/c1-15-5-8-20(9-6-15)34(31,32)33-22-10-7-16(12-21(22)24)11-17(14-25)23(28)26-18-3-2-4-19(13-18)27(29)30/h2-13H,1H3,(H,26,28)/b17-11+. The van der Waals surface area contributed by atoms with Gasteiger partial charge < -0.3 is 9.50 Å². The minimum atomic E-state index is -4.12. The molecule has 0 unspecified atom stereocenters. The lowest BCUT2D eigenvalue weighted by Crippen LogP contribution is -2.13. The number of halogens is 1. The number of nitriles is 1. The highest BCUT2D eigenvalue weighted by Crippen LogP contribution is 2.29. The smallest absolute Gasteiger partial charge is 0.339 e. The quantitative estimate of drug-likeness (QED) is 0.161. The molecular weight excluding hydrogens is 482 g/mol. The van der Waals surface area contributed by atoms with E-state index in [4.69, 9.17) is 15.8 Å². The summed E-state index contributed by atoms with van der Waals surface area (Å²) in [5, 5.41) is 22.6. The van der Waals surface area contributed by atoms with Crippen LogP contribution >= 0.6 is 11.6 Å². The number of hydrogen-bond acceptors (Lipinski definition) is 7. The SMILES string of the molecule is Cc1ccc(S(=O)(=O)Oc2ccc(/C=C(\C#N)C(=O)Nc3cccc([N+](=O)[O-])c3)cc2Cl)cc1. The van der Waals surface area contributed by atoms with Gasteiger partial charge in [0.2, 0.25) is 0 Å². The molecule has 3 aromatic carbocycles. The number of hydrogen-bond donors (Lipinski definition) is 1. The predicted octanol–water partition coefficient (Wildman–Crippen LogP) is 4.87. The summed E-state index contributed by atoms with van der Waals surface area (Å²) in [4.78, 5) is 22.7. The number of anilines is 1. The number of nitrogens with zero attached hydrogens (tertiary/aromatic N) is 2. The summed E-state index contributed by atoms with van der Waals surface area (Å²) in [5.74, 6) is -0.916. The van der Waals surface area contributed by atoms with Gasteiger partial charge in [0.15, 0.2) is 5.75 Å². The van der Waals surface area contributed by atoms with Crippen LogP contribution in [0.3, 0.4) is 0 Å². The molecule has 0 radical (unpaired) electrons. The van der Waals surface area contributed by atoms with Crippen molar-refractivity contribution in [3.8, 4) is 11.8 Å². The van der Waals surface area contributed by atoms with E-state index in [1.807, 2.05) is 6.92 Å². The molecule has 0 aliphatic heterocycles. The number of carbonyl (C=O) groups excluding carboxylic acids is 1. The second-order valence-electron chi connectivity index (χ2n) is 6.97. The van der Waals surface area contributed by atoms with Gasteiger partial charge >= 0.3 is 10.1 Å². The molecule has 0 aliphatic rings. The van der Waals surface area contributed by atoms with E-state index < -0.39 is 20.9 Å². The van der Waals surface area contributed by atoms with Crippen LogP contribution in [0.25, 0.3) is 6.08 Å². The lowest BCUT2D eigenvalue weighted by molar-refractivity contribution is -0.384. The summed E-state index contributed by atoms with van der Waals surface area (Å²) in [6, 6.07) is 17.2. The average Bonchev–Trinajstić information content (AvgIpc) is 2.79. The summed E-state index contributed by atoms with van der Waals surface area (Å²) in [6.45, 7) is 1.82. The Kier molecular flexibility index (Phi) is 7.31. The van der Waals surface area contributed by atoms with Crippen LogP contribution in [0, 0.1) is 28.4 Å². The van der Waals surface area contributed by atoms with Crippen LogP contribution in [0.4, 0.5) is 11.4 Å². The Hall–Kier alpha value is -4.20. The van der Waals surface area contributed by atoms with E-state index in [-0.39, 0.29) is 32.6 Å². The van der Waals surface area contributed by atoms with E-state index in [0.29, 0.717) is 5.56 Å². The first-order chi connectivity index (χ1) is 16.1. The molecule has 1 N–H and O–H groups in total. The summed E-state index contributed by atoms with van der Waals surface area (Å²) in [5.41, 5.74) is 0.835. The Morgan fingerprint density at radius 2 is 1.85 bits per heavy atom. The molecule has 172 valence electrons. The molecular formula is C23H16ClN3O6S. The molecule has 0 heterocycles. The number of nitro groups is 1. The van der Waals surface area contributed by atoms with E-state index >= 15 is 0 Å². The van der Waals surface area contributed by atoms with E-state index in [0.717, 1.165) is 11.6 Å². The average molecular weight is 498 g/mol. The van der Waals surface area contributed by atoms with Crippen LogP contribution in [0.15, 0.2) is 77.2 Å². The molecule has 9 nitrogen and oxygen atoms in total. The van der Waals surface area contributed by atoms with Gasteiger partial charge in [-0.3, -0.25) is 14.9 Å². The minimum Gasteiger partial charge on any atom is -0.377 e. The largest absolute Gasteiger partial charge is 0.377 e. The third-order valence-corrected chi connectivity index (χ3v) is 6.00. The van der Waals surface area contributed by atoms with Gasteiger partial charge in [0.25, 0.3) is 11.6 Å². The van der Waals surface area contributed by atoms with Gasteiger partial charge in [0.1, 0.15) is 16.5 Å². The molecule has 3 aromatic rings. The zero-order chi connectivity index (χ0) is 24.9. The second-order valence-corrected chi connectivity index (χ2v) is 8.93. The van der Waals surface area contributed by atoms with Crippen LogP contribution in [-0.4, -0.2) is 19.2 Å². The van der Waals surface area contributed by atoms with Crippen molar-refractivity contribution in [3.63, 3.8) is 0 Å². The van der Waals surface area contributed by atoms with E-state index in [2.05, 4.69) is 5.32 Å². The highest BCUT2D eigenvalue weighted by molar-refractivity contribution is 7.87. The first-order valence-electron chi connectivity index (χ1n) is 9.57. The number of carbonyl (C=O) groups is 1. The van der Waals surface area contributed by atoms with Crippen molar-refractivity contribution in [2.45, 2.75) is 11.8 Å². The van der Waals surface area contributed by atoms with E-state index in [1.165, 1.54) is 54.6 Å². The number of rotatable bonds is 7. The van der Waals surface area contributed by atoms with Crippen LogP contribution in [0.1, 0.15) is 11.1 Å². The Labute approximate surface area is 200 Å². The summed E-state index contributed by atoms with van der Waals surface area (Å²) < 4.78 is 30.1. The fourth-order valence-corrected chi connectivity index (χ4v) is 3.98. The number of nitro benzene ring substituents is 1. The van der Waals surface area contributed by atoms with Crippen LogP contribution < -0.4 is 9.50 Å². The Morgan fingerprint density at radius 3 is 2.47 bits per heavy atom. The molecule has 0 fully saturated rings. The molecule has 0 aliphatic carbocycles. The maximum Gasteiger partial charge on any atom is 0.339 e. The van der Waals surface area contributed by atoms with Crippen molar-refractivity contribution in [2.24, 2.45) is 0 Å². The maximum atomic E-state index is 12.5. The lowest BCUT2D eigenvalue weighted by Gasteiger charge is -2.09. The fourth-order valence-electron chi connectivity index (χ4n) is 2.76. The summed E-state index contributed by atoms with van der Waals surface area (Å²) in [6.07, 6.45) is 1.23. The van der Waals surface area contributed by atoms with Gasteiger partial charge in [0, 0.05) is 17.8 Å². The molecule has 11 heteroatoms. The second kappa shape index (κ2) is 10.2. The third-order valence-electron chi connectivity index (χ3n) is 4.46. The first kappa shape index (κ1) is 24.4. The third kappa shape index (κ3) is 5.98. The zero-order valence-corrected chi connectivity index (χ0v) is 19.1. The highest BCUT2D eigenvalue weighted by atomic mass is 35.5. The van der Waals surface area contributed by atoms with Crippen molar-refractivity contribution in [2.75, 3.05) is 5.32 Å². The fraction of sp³-hybridized carbons (Fsp3) is 0.0435. The van der Waals surface area contributed by atoms with Gasteiger partial charge in [-0.05, 0) is 48.9 Å². The predicted molar refractivity (Wildman–Crippen MR) is 126 cm³/mol. The Balaban J connectivity index is 1.79. The van der Waals surface area contributed by atoms with Crippen molar-refractivity contribution in [1.29, 1.82) is 5.26 Å². The number of nitrogens with one attached hydrogen (secondary N) is 1. The lowest BCUT2D eigenvalue weighted by atomic mass is 10.1. The van der Waals surface area contributed by atoms with Gasteiger partial charge in [-0.1, -0.05) is 41.4 Å². The number of non-ortho nitro benzene ring substituents is 1. The summed E-state index contributed by atoms with van der Waals surface area (Å²) >= 11 is 6.17. The number of amides is 1. The zero-order valence-electron chi connectivity index (χ0n) is 17.6. The van der Waals surface area contributed by atoms with Crippen LogP contribution in [-0.2, 0) is 14.9 Å². The topological polar surface area (TPSA) is 139 Å². The van der Waals surface area contributed by atoms with Crippen molar-refractivity contribution in [1.82, 2.24) is 0 Å². The maximum absolute atomic E-state index is 12.5. The van der Waals surface area contributed by atoms with Crippen molar-refractivity contribution < 1.29 is 22.3 Å². The van der Waals surface area contributed by atoms with Gasteiger partial charge in [0.05, 0.1) is 9.95 Å². The van der Waals surface area contributed by atoms with Gasteiger partial charge in [-0.15, -0.1) is 0 Å². The van der Waals surface area contributed by atoms with Gasteiger partial charge in [-0.2, -0.15) is 13.7 Å². The minimum absolute atomic E-state index is 0.0391. The van der Waals surface area contributed by atoms with E-state index in [9.17, 15) is 28.6 Å². The molecule has 0 aromatic heterocycles. The van der Waals surface area contributed by atoms with Gasteiger partial charge in [-0.25, -0.2) is 0 Å². The van der Waals surface area contributed by atoms with Crippen molar-refractivity contribution in [3.05, 3.63) is 98.6 Å².